The van der Waals surface area contributed by atoms with Gasteiger partial charge >= 0.3 is 5.97 Å². The molecule has 10 nitrogen and oxygen atoms in total. The van der Waals surface area contributed by atoms with Gasteiger partial charge in [0.1, 0.15) is 28.7 Å². The standard InChI is InChI=1S/C27H25N5O5/c1-4-37-27(36)18-12-16(6-10-23(18)34)28-26(35)15-5-8-20-22(11-15)32(3)25(31-20)14(2)24-29-19-9-7-17(33)13-21(19)30-24/h5-14,33-34H,4H2,1-3H3,(H,28,35)(H,29,30). The van der Waals surface area contributed by atoms with Crippen LogP contribution in [0.25, 0.3) is 22.1 Å². The highest BCUT2D eigenvalue weighted by Crippen LogP contribution is 2.28. The van der Waals surface area contributed by atoms with E-state index in [-0.39, 0.29) is 35.5 Å². The van der Waals surface area contributed by atoms with Gasteiger partial charge in [-0.15, -0.1) is 0 Å². The van der Waals surface area contributed by atoms with Crippen LogP contribution in [0.2, 0.25) is 0 Å². The number of esters is 1. The van der Waals surface area contributed by atoms with Gasteiger partial charge in [-0.25, -0.2) is 14.8 Å². The minimum atomic E-state index is -0.671. The Balaban J connectivity index is 1.42. The molecule has 0 saturated carbocycles. The second-order valence-electron chi connectivity index (χ2n) is 8.68. The summed E-state index contributed by atoms with van der Waals surface area (Å²) in [6.07, 6.45) is 0. The second kappa shape index (κ2) is 9.30. The quantitative estimate of drug-likeness (QED) is 0.200. The van der Waals surface area contributed by atoms with Gasteiger partial charge in [-0.1, -0.05) is 0 Å². The first-order valence-electron chi connectivity index (χ1n) is 11.7. The van der Waals surface area contributed by atoms with Crippen LogP contribution in [0.5, 0.6) is 11.5 Å². The van der Waals surface area contributed by atoms with Crippen molar-refractivity contribution in [1.29, 1.82) is 0 Å². The molecule has 0 saturated heterocycles. The summed E-state index contributed by atoms with van der Waals surface area (Å²) in [4.78, 5) is 37.7. The summed E-state index contributed by atoms with van der Waals surface area (Å²) in [6.45, 7) is 3.82. The number of phenolic OH excluding ortho intramolecular Hbond substituents is 2. The van der Waals surface area contributed by atoms with Gasteiger partial charge in [0, 0.05) is 24.4 Å². The summed E-state index contributed by atoms with van der Waals surface area (Å²) in [7, 11) is 1.88. The highest BCUT2D eigenvalue weighted by atomic mass is 16.5. The Morgan fingerprint density at radius 2 is 1.84 bits per heavy atom. The second-order valence-corrected chi connectivity index (χ2v) is 8.68. The highest BCUT2D eigenvalue weighted by molar-refractivity contribution is 6.06. The van der Waals surface area contributed by atoms with E-state index in [9.17, 15) is 19.8 Å². The van der Waals surface area contributed by atoms with Gasteiger partial charge < -0.3 is 29.8 Å². The van der Waals surface area contributed by atoms with Crippen molar-refractivity contribution in [2.45, 2.75) is 19.8 Å². The van der Waals surface area contributed by atoms with Crippen molar-refractivity contribution in [1.82, 2.24) is 19.5 Å². The molecule has 0 aliphatic rings. The van der Waals surface area contributed by atoms with E-state index in [0.29, 0.717) is 17.1 Å². The lowest BCUT2D eigenvalue weighted by Crippen LogP contribution is -2.13. The number of nitrogens with zero attached hydrogens (tertiary/aromatic N) is 3. The predicted octanol–water partition coefficient (Wildman–Crippen LogP) is 4.44. The summed E-state index contributed by atoms with van der Waals surface area (Å²) < 4.78 is 6.87. The molecule has 2 heterocycles. The smallest absolute Gasteiger partial charge is 0.341 e. The average Bonchev–Trinajstić information content (AvgIpc) is 3.45. The van der Waals surface area contributed by atoms with Gasteiger partial charge in [0.15, 0.2) is 0 Å². The topological polar surface area (TPSA) is 142 Å². The lowest BCUT2D eigenvalue weighted by molar-refractivity contribution is 0.0523. The van der Waals surface area contributed by atoms with Crippen LogP contribution in [0.4, 0.5) is 5.69 Å². The number of aromatic hydroxyl groups is 2. The van der Waals surface area contributed by atoms with E-state index >= 15 is 0 Å². The number of aromatic amines is 1. The van der Waals surface area contributed by atoms with Crippen LogP contribution in [-0.2, 0) is 11.8 Å². The number of carbonyl (C=O) groups is 2. The number of hydrogen-bond acceptors (Lipinski definition) is 7. The van der Waals surface area contributed by atoms with Crippen LogP contribution in [0.3, 0.4) is 0 Å². The average molecular weight is 500 g/mol. The fourth-order valence-corrected chi connectivity index (χ4v) is 4.27. The van der Waals surface area contributed by atoms with Crippen molar-refractivity contribution in [2.75, 3.05) is 11.9 Å². The molecule has 0 bridgehead atoms. The number of carbonyl (C=O) groups excluding carboxylic acids is 2. The third-order valence-electron chi connectivity index (χ3n) is 6.21. The molecule has 0 radical (unpaired) electrons. The number of ether oxygens (including phenoxy) is 1. The summed E-state index contributed by atoms with van der Waals surface area (Å²) in [6, 6.07) is 14.4. The van der Waals surface area contributed by atoms with E-state index in [1.165, 1.54) is 18.2 Å². The minimum absolute atomic E-state index is 0.0267. The van der Waals surface area contributed by atoms with E-state index in [4.69, 9.17) is 9.72 Å². The number of imidazole rings is 2. The number of fused-ring (bicyclic) bond motifs is 2. The fraction of sp³-hybridized carbons (Fsp3) is 0.185. The molecule has 2 aromatic heterocycles. The van der Waals surface area contributed by atoms with E-state index in [1.807, 2.05) is 18.5 Å². The Hall–Kier alpha value is -4.86. The molecule has 0 aliphatic carbocycles. The van der Waals surface area contributed by atoms with E-state index in [2.05, 4.69) is 15.3 Å². The summed E-state index contributed by atoms with van der Waals surface area (Å²) in [5.41, 5.74) is 3.70. The van der Waals surface area contributed by atoms with Crippen molar-refractivity contribution in [2.24, 2.45) is 7.05 Å². The van der Waals surface area contributed by atoms with E-state index < -0.39 is 5.97 Å². The van der Waals surface area contributed by atoms with Crippen LogP contribution in [0.15, 0.2) is 54.6 Å². The van der Waals surface area contributed by atoms with Crippen molar-refractivity contribution >= 4 is 39.6 Å². The molecule has 188 valence electrons. The Labute approximate surface area is 211 Å². The first-order valence-corrected chi connectivity index (χ1v) is 11.7. The molecule has 5 aromatic rings. The number of hydrogen-bond donors (Lipinski definition) is 4. The Bertz CT molecular complexity index is 1670. The Morgan fingerprint density at radius 1 is 1.05 bits per heavy atom. The van der Waals surface area contributed by atoms with Crippen molar-refractivity contribution < 1.29 is 24.5 Å². The SMILES string of the molecule is CCOC(=O)c1cc(NC(=O)c2ccc3nc(C(C)c4nc5ccc(O)cc5[nH]4)n(C)c3c2)ccc1O. The molecule has 1 unspecified atom stereocenters. The summed E-state index contributed by atoms with van der Waals surface area (Å²) >= 11 is 0. The predicted molar refractivity (Wildman–Crippen MR) is 138 cm³/mol. The lowest BCUT2D eigenvalue weighted by atomic mass is 10.1. The molecule has 0 fully saturated rings. The third-order valence-corrected chi connectivity index (χ3v) is 6.21. The third kappa shape index (κ3) is 4.44. The molecule has 0 spiro atoms. The maximum absolute atomic E-state index is 13.0. The number of H-pyrrole nitrogens is 1. The van der Waals surface area contributed by atoms with Crippen molar-refractivity contribution in [3.05, 3.63) is 77.4 Å². The first kappa shape index (κ1) is 23.9. The molecule has 0 aliphatic heterocycles. The highest BCUT2D eigenvalue weighted by Gasteiger charge is 2.21. The van der Waals surface area contributed by atoms with Crippen molar-refractivity contribution in [3.8, 4) is 11.5 Å². The monoisotopic (exact) mass is 499 g/mol. The molecule has 37 heavy (non-hydrogen) atoms. The van der Waals surface area contributed by atoms with Crippen LogP contribution < -0.4 is 5.32 Å². The maximum atomic E-state index is 13.0. The van der Waals surface area contributed by atoms with Gasteiger partial charge in [0.05, 0.1) is 34.6 Å². The number of rotatable bonds is 6. The zero-order chi connectivity index (χ0) is 26.3. The van der Waals surface area contributed by atoms with Gasteiger partial charge in [-0.3, -0.25) is 4.79 Å². The molecule has 4 N–H and O–H groups in total. The molecule has 3 aromatic carbocycles. The number of nitrogens with one attached hydrogen (secondary N) is 2. The number of aryl methyl sites for hydroxylation is 1. The van der Waals surface area contributed by atoms with E-state index in [1.54, 1.807) is 43.3 Å². The number of anilines is 1. The van der Waals surface area contributed by atoms with Crippen LogP contribution in [0, 0.1) is 0 Å². The number of benzene rings is 3. The van der Waals surface area contributed by atoms with E-state index in [0.717, 1.165) is 27.9 Å². The number of amides is 1. The van der Waals surface area contributed by atoms with Gasteiger partial charge in [0.2, 0.25) is 0 Å². The normalized spacial score (nSPS) is 12.1. The molecular weight excluding hydrogens is 474 g/mol. The summed E-state index contributed by atoms with van der Waals surface area (Å²) in [5, 5.41) is 22.5. The zero-order valence-electron chi connectivity index (χ0n) is 20.4. The maximum Gasteiger partial charge on any atom is 0.341 e. The van der Waals surface area contributed by atoms with Gasteiger partial charge in [0.25, 0.3) is 5.91 Å². The fourth-order valence-electron chi connectivity index (χ4n) is 4.27. The minimum Gasteiger partial charge on any atom is -0.508 e. The van der Waals surface area contributed by atoms with Gasteiger partial charge in [-0.2, -0.15) is 0 Å². The summed E-state index contributed by atoms with van der Waals surface area (Å²) in [5.74, 6) is 0.173. The molecule has 5 rings (SSSR count). The largest absolute Gasteiger partial charge is 0.508 e. The molecule has 1 atom stereocenters. The van der Waals surface area contributed by atoms with Gasteiger partial charge in [-0.05, 0) is 62.4 Å². The zero-order valence-corrected chi connectivity index (χ0v) is 20.4. The Kier molecular flexibility index (Phi) is 6.00. The Morgan fingerprint density at radius 3 is 2.62 bits per heavy atom. The van der Waals surface area contributed by atoms with Crippen LogP contribution in [0.1, 0.15) is 52.1 Å². The molecular formula is C27H25N5O5. The van der Waals surface area contributed by atoms with Crippen LogP contribution in [-0.4, -0.2) is 48.2 Å². The van der Waals surface area contributed by atoms with Crippen LogP contribution >= 0.6 is 0 Å². The lowest BCUT2D eigenvalue weighted by Gasteiger charge is -2.10. The molecule has 10 heteroatoms. The number of aromatic nitrogens is 4. The number of phenols is 2. The van der Waals surface area contributed by atoms with Crippen molar-refractivity contribution in [3.63, 3.8) is 0 Å². The molecule has 1 amide bonds. The first-order chi connectivity index (χ1) is 17.7.